The summed E-state index contributed by atoms with van der Waals surface area (Å²) in [6.07, 6.45) is 1.29. The maximum atomic E-state index is 11.8. The van der Waals surface area contributed by atoms with Gasteiger partial charge in [-0.2, -0.15) is 0 Å². The fraction of sp³-hybridized carbons (Fsp3) is 0.545. The van der Waals surface area contributed by atoms with E-state index < -0.39 is 0 Å². The van der Waals surface area contributed by atoms with Gasteiger partial charge in [0.05, 0.1) is 17.0 Å². The smallest absolute Gasteiger partial charge is 0.249 e. The van der Waals surface area contributed by atoms with Gasteiger partial charge in [0.1, 0.15) is 6.10 Å². The maximum Gasteiger partial charge on any atom is 0.249 e. The summed E-state index contributed by atoms with van der Waals surface area (Å²) < 4.78 is 6.24. The van der Waals surface area contributed by atoms with Crippen LogP contribution in [0.1, 0.15) is 17.7 Å². The third-order valence-electron chi connectivity index (χ3n) is 2.73. The van der Waals surface area contributed by atoms with E-state index in [9.17, 15) is 4.79 Å². The number of ether oxygens (including phenoxy) is 1. The molecule has 2 rings (SSSR count). The maximum absolute atomic E-state index is 11.8. The van der Waals surface area contributed by atoms with Crippen LogP contribution in [0.2, 0.25) is 4.34 Å². The molecular weight excluding hydrogens is 295 g/mol. The molecule has 0 spiro atoms. The minimum absolute atomic E-state index is 0. The Morgan fingerprint density at radius 2 is 2.33 bits per heavy atom. The van der Waals surface area contributed by atoms with Gasteiger partial charge in [-0.25, -0.2) is 0 Å². The fourth-order valence-electron chi connectivity index (χ4n) is 1.81. The SMILES string of the molecule is Cl.NC[C@H]1CC[C@@H](C(=O)NCc2ccc(Cl)s2)O1. The van der Waals surface area contributed by atoms with Crippen LogP contribution in [-0.2, 0) is 16.1 Å². The number of hydrogen-bond acceptors (Lipinski definition) is 4. The Morgan fingerprint density at radius 3 is 2.89 bits per heavy atom. The molecule has 4 nitrogen and oxygen atoms in total. The zero-order chi connectivity index (χ0) is 12.3. The summed E-state index contributed by atoms with van der Waals surface area (Å²) >= 11 is 7.28. The molecule has 1 amide bonds. The molecule has 0 unspecified atom stereocenters. The third kappa shape index (κ3) is 4.10. The van der Waals surface area contributed by atoms with Crippen LogP contribution in [0.4, 0.5) is 0 Å². The van der Waals surface area contributed by atoms with Crippen molar-refractivity contribution < 1.29 is 9.53 Å². The molecule has 18 heavy (non-hydrogen) atoms. The zero-order valence-electron chi connectivity index (χ0n) is 9.73. The summed E-state index contributed by atoms with van der Waals surface area (Å²) in [5, 5.41) is 2.85. The molecule has 7 heteroatoms. The molecule has 1 saturated heterocycles. The Morgan fingerprint density at radius 1 is 1.56 bits per heavy atom. The van der Waals surface area contributed by atoms with Crippen LogP contribution in [0.3, 0.4) is 0 Å². The molecule has 1 fully saturated rings. The van der Waals surface area contributed by atoms with Crippen LogP contribution in [0.15, 0.2) is 12.1 Å². The number of carbonyl (C=O) groups excluding carboxylic acids is 1. The predicted octanol–water partition coefficient (Wildman–Crippen LogP) is 1.95. The van der Waals surface area contributed by atoms with E-state index in [4.69, 9.17) is 22.1 Å². The molecular formula is C11H16Cl2N2O2S. The van der Waals surface area contributed by atoms with Gasteiger partial charge in [0.25, 0.3) is 0 Å². The Balaban J connectivity index is 0.00000162. The van der Waals surface area contributed by atoms with E-state index in [0.29, 0.717) is 13.1 Å². The van der Waals surface area contributed by atoms with E-state index in [1.54, 1.807) is 0 Å². The first kappa shape index (κ1) is 15.7. The lowest BCUT2D eigenvalue weighted by atomic mass is 10.2. The van der Waals surface area contributed by atoms with Gasteiger partial charge in [0.2, 0.25) is 5.91 Å². The standard InChI is InChI=1S/C11H15ClN2O2S.ClH/c12-10-4-2-8(17-10)6-14-11(15)9-3-1-7(5-13)16-9;/h2,4,7,9H,1,3,5-6,13H2,(H,14,15);1H/t7-,9+;/m1./s1. The highest BCUT2D eigenvalue weighted by Gasteiger charge is 2.29. The summed E-state index contributed by atoms with van der Waals surface area (Å²) in [6.45, 7) is 0.980. The number of nitrogens with two attached hydrogens (primary N) is 1. The van der Waals surface area contributed by atoms with Crippen LogP contribution < -0.4 is 11.1 Å². The van der Waals surface area contributed by atoms with Gasteiger partial charge in [0, 0.05) is 11.4 Å². The van der Waals surface area contributed by atoms with Crippen molar-refractivity contribution >= 4 is 41.3 Å². The Bertz CT molecular complexity index is 400. The van der Waals surface area contributed by atoms with Crippen molar-refractivity contribution in [3.05, 3.63) is 21.3 Å². The molecule has 0 bridgehead atoms. The van der Waals surface area contributed by atoms with Crippen molar-refractivity contribution in [2.45, 2.75) is 31.6 Å². The molecule has 2 heterocycles. The molecule has 0 radical (unpaired) electrons. The minimum Gasteiger partial charge on any atom is -0.364 e. The summed E-state index contributed by atoms with van der Waals surface area (Å²) in [5.74, 6) is -0.0644. The van der Waals surface area contributed by atoms with Crippen molar-refractivity contribution in [2.75, 3.05) is 6.54 Å². The number of hydrogen-bond donors (Lipinski definition) is 2. The number of nitrogens with one attached hydrogen (secondary N) is 1. The number of amides is 1. The third-order valence-corrected chi connectivity index (χ3v) is 3.96. The first-order valence-electron chi connectivity index (χ1n) is 5.56. The number of halogens is 2. The van der Waals surface area contributed by atoms with E-state index in [2.05, 4.69) is 5.32 Å². The first-order chi connectivity index (χ1) is 8.19. The molecule has 1 aliphatic rings. The van der Waals surface area contributed by atoms with E-state index in [0.717, 1.165) is 22.1 Å². The fourth-order valence-corrected chi connectivity index (χ4v) is 2.83. The van der Waals surface area contributed by atoms with Gasteiger partial charge in [0.15, 0.2) is 0 Å². The second kappa shape index (κ2) is 7.31. The largest absolute Gasteiger partial charge is 0.364 e. The minimum atomic E-state index is -0.348. The summed E-state index contributed by atoms with van der Waals surface area (Å²) in [4.78, 5) is 12.8. The van der Waals surface area contributed by atoms with Gasteiger partial charge in [-0.3, -0.25) is 4.79 Å². The summed E-state index contributed by atoms with van der Waals surface area (Å²) in [6, 6.07) is 3.73. The van der Waals surface area contributed by atoms with Crippen molar-refractivity contribution in [3.8, 4) is 0 Å². The van der Waals surface area contributed by atoms with Crippen molar-refractivity contribution in [1.29, 1.82) is 0 Å². The molecule has 1 aromatic heterocycles. The average molecular weight is 311 g/mol. The van der Waals surface area contributed by atoms with Gasteiger partial charge in [-0.1, -0.05) is 11.6 Å². The normalized spacial score (nSPS) is 22.6. The highest BCUT2D eigenvalue weighted by Crippen LogP contribution is 2.22. The van der Waals surface area contributed by atoms with E-state index in [1.165, 1.54) is 11.3 Å². The van der Waals surface area contributed by atoms with Gasteiger partial charge in [-0.05, 0) is 25.0 Å². The van der Waals surface area contributed by atoms with Crippen molar-refractivity contribution in [3.63, 3.8) is 0 Å². The Kier molecular flexibility index (Phi) is 6.38. The number of carbonyl (C=O) groups is 1. The van der Waals surface area contributed by atoms with Crippen LogP contribution >= 0.6 is 35.3 Å². The molecule has 0 aliphatic carbocycles. The molecule has 102 valence electrons. The van der Waals surface area contributed by atoms with Crippen molar-refractivity contribution in [1.82, 2.24) is 5.32 Å². The highest BCUT2D eigenvalue weighted by atomic mass is 35.5. The van der Waals surface area contributed by atoms with Crippen LogP contribution in [0.25, 0.3) is 0 Å². The monoisotopic (exact) mass is 310 g/mol. The molecule has 2 atom stereocenters. The summed E-state index contributed by atoms with van der Waals surface area (Å²) in [7, 11) is 0. The highest BCUT2D eigenvalue weighted by molar-refractivity contribution is 7.16. The number of thiophene rings is 1. The molecule has 1 aliphatic heterocycles. The molecule has 1 aromatic rings. The summed E-state index contributed by atoms with van der Waals surface area (Å²) in [5.41, 5.74) is 5.49. The topological polar surface area (TPSA) is 64.4 Å². The Hall–Kier alpha value is -0.330. The van der Waals surface area contributed by atoms with Gasteiger partial charge in [-0.15, -0.1) is 23.7 Å². The quantitative estimate of drug-likeness (QED) is 0.893. The van der Waals surface area contributed by atoms with E-state index in [1.807, 2.05) is 12.1 Å². The van der Waals surface area contributed by atoms with Crippen LogP contribution in [0.5, 0.6) is 0 Å². The van der Waals surface area contributed by atoms with Crippen LogP contribution in [-0.4, -0.2) is 24.7 Å². The van der Waals surface area contributed by atoms with Crippen molar-refractivity contribution in [2.24, 2.45) is 5.73 Å². The lowest BCUT2D eigenvalue weighted by molar-refractivity contribution is -0.132. The lowest BCUT2D eigenvalue weighted by Gasteiger charge is -2.12. The van der Waals surface area contributed by atoms with Gasteiger partial charge >= 0.3 is 0 Å². The first-order valence-corrected chi connectivity index (χ1v) is 6.76. The molecule has 0 aromatic carbocycles. The van der Waals surface area contributed by atoms with E-state index in [-0.39, 0.29) is 30.5 Å². The molecule has 3 N–H and O–H groups in total. The van der Waals surface area contributed by atoms with Crippen LogP contribution in [0, 0.1) is 0 Å². The second-order valence-corrected chi connectivity index (χ2v) is 5.78. The predicted molar refractivity (Wildman–Crippen MR) is 75.4 cm³/mol. The lowest BCUT2D eigenvalue weighted by Crippen LogP contribution is -2.34. The zero-order valence-corrected chi connectivity index (χ0v) is 12.1. The van der Waals surface area contributed by atoms with Gasteiger partial charge < -0.3 is 15.8 Å². The molecule has 0 saturated carbocycles. The van der Waals surface area contributed by atoms with E-state index >= 15 is 0 Å². The average Bonchev–Trinajstić information content (AvgIpc) is 2.94. The Labute approximate surface area is 121 Å². The second-order valence-electron chi connectivity index (χ2n) is 3.98. The number of rotatable bonds is 4.